The van der Waals surface area contributed by atoms with Crippen LogP contribution in [0, 0.1) is 0 Å². The van der Waals surface area contributed by atoms with Gasteiger partial charge >= 0.3 is 0 Å². The van der Waals surface area contributed by atoms with E-state index in [-0.39, 0.29) is 12.0 Å². The van der Waals surface area contributed by atoms with Crippen LogP contribution in [0.5, 0.6) is 5.75 Å². The van der Waals surface area contributed by atoms with E-state index in [9.17, 15) is 4.79 Å². The van der Waals surface area contributed by atoms with Crippen LogP contribution in [0.15, 0.2) is 24.3 Å². The molecule has 100 valence electrons. The van der Waals surface area contributed by atoms with Crippen molar-refractivity contribution < 1.29 is 14.6 Å². The van der Waals surface area contributed by atoms with Crippen molar-refractivity contribution in [2.24, 2.45) is 0 Å². The highest BCUT2D eigenvalue weighted by Crippen LogP contribution is 2.13. The summed E-state index contributed by atoms with van der Waals surface area (Å²) in [6, 6.07) is 7.80. The molecule has 0 fully saturated rings. The van der Waals surface area contributed by atoms with Crippen molar-refractivity contribution in [2.45, 2.75) is 39.4 Å². The Morgan fingerprint density at radius 3 is 2.39 bits per heavy atom. The number of nitrogens with one attached hydrogen (secondary N) is 1. The molecule has 0 aromatic heterocycles. The Balaban J connectivity index is 2.37. The Bertz CT molecular complexity index is 371. The fourth-order valence-corrected chi connectivity index (χ4v) is 1.48. The van der Waals surface area contributed by atoms with Crippen LogP contribution >= 0.6 is 0 Å². The Kier molecular flexibility index (Phi) is 5.65. The number of hydrogen-bond donors (Lipinski definition) is 2. The van der Waals surface area contributed by atoms with Gasteiger partial charge in [-0.05, 0) is 44.9 Å². The molecule has 1 amide bonds. The summed E-state index contributed by atoms with van der Waals surface area (Å²) in [7, 11) is 0. The minimum Gasteiger partial charge on any atom is -0.491 e. The van der Waals surface area contributed by atoms with Gasteiger partial charge in [0.05, 0.1) is 6.10 Å². The van der Waals surface area contributed by atoms with E-state index in [1.807, 2.05) is 38.1 Å². The third-order valence-corrected chi connectivity index (χ3v) is 2.39. The third kappa shape index (κ3) is 5.19. The zero-order valence-corrected chi connectivity index (χ0v) is 11.1. The monoisotopic (exact) mass is 251 g/mol. The first kappa shape index (κ1) is 14.5. The normalized spacial score (nSPS) is 12.3. The Labute approximate surface area is 108 Å². The first-order valence-corrected chi connectivity index (χ1v) is 6.20. The fourth-order valence-electron chi connectivity index (χ4n) is 1.48. The number of carbonyl (C=O) groups excluding carboxylic acids is 1. The van der Waals surface area contributed by atoms with E-state index in [0.29, 0.717) is 6.54 Å². The number of carbonyl (C=O) groups is 1. The average molecular weight is 251 g/mol. The molecule has 1 atom stereocenters. The Morgan fingerprint density at radius 2 is 1.89 bits per heavy atom. The molecular formula is C14H21NO3. The second-order valence-corrected chi connectivity index (χ2v) is 4.53. The van der Waals surface area contributed by atoms with Crippen LogP contribution in [-0.2, 0) is 11.2 Å². The molecule has 18 heavy (non-hydrogen) atoms. The lowest BCUT2D eigenvalue weighted by molar-refractivity contribution is -0.128. The summed E-state index contributed by atoms with van der Waals surface area (Å²) in [5, 5.41) is 11.7. The molecule has 0 aliphatic heterocycles. The first-order chi connectivity index (χ1) is 8.49. The van der Waals surface area contributed by atoms with Crippen molar-refractivity contribution in [3.8, 4) is 5.75 Å². The largest absolute Gasteiger partial charge is 0.491 e. The van der Waals surface area contributed by atoms with E-state index in [1.165, 1.54) is 6.92 Å². The number of rotatable bonds is 6. The summed E-state index contributed by atoms with van der Waals surface area (Å²) in [4.78, 5) is 11.1. The number of benzene rings is 1. The van der Waals surface area contributed by atoms with E-state index in [0.717, 1.165) is 17.7 Å². The van der Waals surface area contributed by atoms with Crippen LogP contribution in [0.25, 0.3) is 0 Å². The quantitative estimate of drug-likeness (QED) is 0.805. The zero-order valence-electron chi connectivity index (χ0n) is 11.1. The molecule has 0 aliphatic rings. The topological polar surface area (TPSA) is 58.6 Å². The highest BCUT2D eigenvalue weighted by molar-refractivity contribution is 5.79. The average Bonchev–Trinajstić information content (AvgIpc) is 2.30. The van der Waals surface area contributed by atoms with E-state index >= 15 is 0 Å². The predicted molar refractivity (Wildman–Crippen MR) is 70.6 cm³/mol. The molecule has 4 nitrogen and oxygen atoms in total. The van der Waals surface area contributed by atoms with Gasteiger partial charge < -0.3 is 15.2 Å². The van der Waals surface area contributed by atoms with Crippen molar-refractivity contribution in [3.05, 3.63) is 29.8 Å². The van der Waals surface area contributed by atoms with Gasteiger partial charge in [0.2, 0.25) is 5.91 Å². The lowest BCUT2D eigenvalue weighted by Gasteiger charge is -2.10. The molecule has 2 N–H and O–H groups in total. The second kappa shape index (κ2) is 7.01. The second-order valence-electron chi connectivity index (χ2n) is 4.53. The molecule has 0 aliphatic carbocycles. The number of hydrogen-bond acceptors (Lipinski definition) is 3. The molecule has 0 saturated carbocycles. The van der Waals surface area contributed by atoms with E-state index in [4.69, 9.17) is 9.84 Å². The van der Waals surface area contributed by atoms with Gasteiger partial charge in [-0.2, -0.15) is 0 Å². The van der Waals surface area contributed by atoms with Gasteiger partial charge in [-0.15, -0.1) is 0 Å². The molecule has 1 rings (SSSR count). The third-order valence-electron chi connectivity index (χ3n) is 2.39. The van der Waals surface area contributed by atoms with E-state index in [1.54, 1.807) is 0 Å². The molecule has 4 heteroatoms. The summed E-state index contributed by atoms with van der Waals surface area (Å²) in [6.07, 6.45) is -0.0477. The Morgan fingerprint density at radius 1 is 1.28 bits per heavy atom. The van der Waals surface area contributed by atoms with Crippen molar-refractivity contribution in [1.82, 2.24) is 5.32 Å². The number of aliphatic hydroxyl groups is 1. The Hall–Kier alpha value is -1.55. The molecule has 0 unspecified atom stereocenters. The van der Waals surface area contributed by atoms with Crippen LogP contribution in [0.1, 0.15) is 26.3 Å². The summed E-state index contributed by atoms with van der Waals surface area (Å²) in [6.45, 7) is 5.94. The summed E-state index contributed by atoms with van der Waals surface area (Å²) in [5.41, 5.74) is 1.12. The number of amides is 1. The molecular weight excluding hydrogens is 230 g/mol. The molecule has 0 heterocycles. The number of aliphatic hydroxyl groups excluding tert-OH is 1. The van der Waals surface area contributed by atoms with Crippen LogP contribution < -0.4 is 10.1 Å². The van der Waals surface area contributed by atoms with E-state index in [2.05, 4.69) is 5.32 Å². The molecule has 0 saturated heterocycles. The predicted octanol–water partition coefficient (Wildman–Crippen LogP) is 1.51. The number of ether oxygens (including phenoxy) is 1. The van der Waals surface area contributed by atoms with Gasteiger partial charge in [-0.1, -0.05) is 12.1 Å². The smallest absolute Gasteiger partial charge is 0.248 e. The minimum atomic E-state index is -0.952. The lowest BCUT2D eigenvalue weighted by atomic mass is 10.1. The summed E-state index contributed by atoms with van der Waals surface area (Å²) >= 11 is 0. The van der Waals surface area contributed by atoms with Gasteiger partial charge in [0.25, 0.3) is 0 Å². The van der Waals surface area contributed by atoms with Crippen molar-refractivity contribution in [3.63, 3.8) is 0 Å². The maximum absolute atomic E-state index is 11.1. The maximum atomic E-state index is 11.1. The van der Waals surface area contributed by atoms with Gasteiger partial charge in [0, 0.05) is 6.54 Å². The standard InChI is InChI=1S/C14H21NO3/c1-10(2)18-13-6-4-12(5-7-13)8-9-15-14(17)11(3)16/h4-7,10-11,16H,8-9H2,1-3H3,(H,15,17)/t11-/m0/s1. The molecule has 1 aromatic carbocycles. The van der Waals surface area contributed by atoms with Crippen LogP contribution in [0.3, 0.4) is 0 Å². The van der Waals surface area contributed by atoms with Crippen molar-refractivity contribution in [2.75, 3.05) is 6.54 Å². The zero-order chi connectivity index (χ0) is 13.5. The van der Waals surface area contributed by atoms with Gasteiger partial charge in [0.15, 0.2) is 0 Å². The van der Waals surface area contributed by atoms with E-state index < -0.39 is 6.10 Å². The lowest BCUT2D eigenvalue weighted by Crippen LogP contribution is -2.33. The minimum absolute atomic E-state index is 0.168. The van der Waals surface area contributed by atoms with Crippen molar-refractivity contribution in [1.29, 1.82) is 0 Å². The molecule has 0 bridgehead atoms. The summed E-state index contributed by atoms with van der Waals surface area (Å²) < 4.78 is 5.54. The summed E-state index contributed by atoms with van der Waals surface area (Å²) in [5.74, 6) is 0.511. The van der Waals surface area contributed by atoms with Crippen LogP contribution in [0.2, 0.25) is 0 Å². The maximum Gasteiger partial charge on any atom is 0.248 e. The highest BCUT2D eigenvalue weighted by atomic mass is 16.5. The van der Waals surface area contributed by atoms with Gasteiger partial charge in [-0.25, -0.2) is 0 Å². The molecule has 1 aromatic rings. The van der Waals surface area contributed by atoms with Crippen LogP contribution in [0.4, 0.5) is 0 Å². The highest BCUT2D eigenvalue weighted by Gasteiger charge is 2.06. The fraction of sp³-hybridized carbons (Fsp3) is 0.500. The first-order valence-electron chi connectivity index (χ1n) is 6.20. The van der Waals surface area contributed by atoms with Gasteiger partial charge in [0.1, 0.15) is 11.9 Å². The molecule has 0 radical (unpaired) electrons. The van der Waals surface area contributed by atoms with Crippen LogP contribution in [-0.4, -0.2) is 29.8 Å². The van der Waals surface area contributed by atoms with Gasteiger partial charge in [-0.3, -0.25) is 4.79 Å². The molecule has 0 spiro atoms. The SMILES string of the molecule is CC(C)Oc1ccc(CCNC(=O)[C@H](C)O)cc1. The van der Waals surface area contributed by atoms with Crippen molar-refractivity contribution >= 4 is 5.91 Å².